The first-order chi connectivity index (χ1) is 13.6. The Hall–Kier alpha value is -2.89. The number of fused-ring (bicyclic) bond motifs is 4. The van der Waals surface area contributed by atoms with E-state index in [0.717, 1.165) is 24.2 Å². The number of methoxy groups -OCH3 is 1. The van der Waals surface area contributed by atoms with Gasteiger partial charge >= 0.3 is 0 Å². The molecule has 6 nitrogen and oxygen atoms in total. The lowest BCUT2D eigenvalue weighted by Crippen LogP contribution is -2.47. The quantitative estimate of drug-likeness (QED) is 0.823. The molecule has 3 aliphatic rings. The van der Waals surface area contributed by atoms with Gasteiger partial charge in [0.1, 0.15) is 5.75 Å². The van der Waals surface area contributed by atoms with E-state index in [4.69, 9.17) is 4.74 Å². The average Bonchev–Trinajstić information content (AvgIpc) is 3.05. The van der Waals surface area contributed by atoms with Crippen LogP contribution in [-0.2, 0) is 0 Å². The van der Waals surface area contributed by atoms with E-state index >= 15 is 0 Å². The van der Waals surface area contributed by atoms with E-state index < -0.39 is 0 Å². The van der Waals surface area contributed by atoms with Crippen molar-refractivity contribution in [2.45, 2.75) is 25.8 Å². The van der Waals surface area contributed by atoms with Crippen molar-refractivity contribution in [2.24, 2.45) is 5.92 Å². The summed E-state index contributed by atoms with van der Waals surface area (Å²) < 4.78 is 5.38. The molecule has 1 aromatic heterocycles. The average molecular weight is 379 g/mol. The molecule has 0 radical (unpaired) electrons. The first kappa shape index (κ1) is 18.5. The smallest absolute Gasteiger partial charge is 0.255 e. The number of carbonyl (C=O) groups excluding carboxylic acids is 2. The van der Waals surface area contributed by atoms with Gasteiger partial charge in [-0.25, -0.2) is 0 Å². The van der Waals surface area contributed by atoms with E-state index in [1.807, 2.05) is 34.9 Å². The van der Waals surface area contributed by atoms with Crippen LogP contribution >= 0.6 is 0 Å². The number of benzene rings is 1. The second-order valence-corrected chi connectivity index (χ2v) is 7.64. The molecule has 2 atom stereocenters. The van der Waals surface area contributed by atoms with Gasteiger partial charge in [-0.3, -0.25) is 14.6 Å². The topological polar surface area (TPSA) is 62.7 Å². The first-order valence-electron chi connectivity index (χ1n) is 9.72. The fraction of sp³-hybridized carbons (Fsp3) is 0.409. The van der Waals surface area contributed by atoms with Gasteiger partial charge in [0.2, 0.25) is 0 Å². The summed E-state index contributed by atoms with van der Waals surface area (Å²) in [7, 11) is 1.62. The lowest BCUT2D eigenvalue weighted by atomic mass is 9.93. The van der Waals surface area contributed by atoms with E-state index in [1.54, 1.807) is 31.6 Å². The van der Waals surface area contributed by atoms with Crippen molar-refractivity contribution in [3.63, 3.8) is 0 Å². The normalized spacial score (nSPS) is 21.4. The van der Waals surface area contributed by atoms with Crippen molar-refractivity contribution in [3.8, 4) is 5.75 Å². The van der Waals surface area contributed by atoms with Crippen molar-refractivity contribution in [2.75, 3.05) is 26.7 Å². The number of piperidine rings is 1. The summed E-state index contributed by atoms with van der Waals surface area (Å²) in [6.07, 6.45) is 5.25. The Balaban J connectivity index is 1.57. The Bertz CT molecular complexity index is 884. The van der Waals surface area contributed by atoms with Crippen LogP contribution in [0.3, 0.4) is 0 Å². The van der Waals surface area contributed by atoms with Crippen LogP contribution in [0.2, 0.25) is 0 Å². The van der Waals surface area contributed by atoms with E-state index in [1.165, 1.54) is 0 Å². The van der Waals surface area contributed by atoms with Gasteiger partial charge in [-0.2, -0.15) is 0 Å². The minimum absolute atomic E-state index is 0.00291. The zero-order chi connectivity index (χ0) is 19.7. The second kappa shape index (κ2) is 7.62. The maximum Gasteiger partial charge on any atom is 0.255 e. The van der Waals surface area contributed by atoms with E-state index in [9.17, 15) is 9.59 Å². The van der Waals surface area contributed by atoms with Gasteiger partial charge in [0, 0.05) is 49.2 Å². The summed E-state index contributed by atoms with van der Waals surface area (Å²) in [5, 5.41) is 0. The Morgan fingerprint density at radius 2 is 1.93 bits per heavy atom. The fourth-order valence-corrected chi connectivity index (χ4v) is 4.39. The number of hydrogen-bond donors (Lipinski definition) is 0. The molecular weight excluding hydrogens is 354 g/mol. The molecule has 2 bridgehead atoms. The number of hydrogen-bond acceptors (Lipinski definition) is 4. The van der Waals surface area contributed by atoms with Gasteiger partial charge in [-0.1, -0.05) is 6.07 Å². The third kappa shape index (κ3) is 3.35. The highest BCUT2D eigenvalue weighted by atomic mass is 16.5. The van der Waals surface area contributed by atoms with E-state index in [-0.39, 0.29) is 17.9 Å². The van der Waals surface area contributed by atoms with Crippen molar-refractivity contribution < 1.29 is 14.3 Å². The van der Waals surface area contributed by atoms with Crippen molar-refractivity contribution in [3.05, 3.63) is 59.4 Å². The molecular formula is C22H25N3O3. The second-order valence-electron chi connectivity index (χ2n) is 7.64. The lowest BCUT2D eigenvalue weighted by molar-refractivity contribution is 0.0573. The minimum Gasteiger partial charge on any atom is -0.496 e. The van der Waals surface area contributed by atoms with Crippen LogP contribution in [-0.4, -0.2) is 59.4 Å². The Kier molecular flexibility index (Phi) is 5.03. The molecule has 0 spiro atoms. The summed E-state index contributed by atoms with van der Waals surface area (Å²) in [4.78, 5) is 34.2. The van der Waals surface area contributed by atoms with Crippen LogP contribution in [0.1, 0.15) is 39.1 Å². The van der Waals surface area contributed by atoms with Gasteiger partial charge < -0.3 is 14.5 Å². The summed E-state index contributed by atoms with van der Waals surface area (Å²) >= 11 is 0. The highest BCUT2D eigenvalue weighted by Crippen LogP contribution is 2.31. The number of amides is 2. The molecule has 0 saturated carbocycles. The van der Waals surface area contributed by atoms with Crippen molar-refractivity contribution in [1.82, 2.24) is 14.8 Å². The summed E-state index contributed by atoms with van der Waals surface area (Å²) in [5.74, 6) is 1.05. The molecule has 2 aromatic rings. The maximum atomic E-state index is 13.3. The van der Waals surface area contributed by atoms with Crippen LogP contribution < -0.4 is 4.74 Å². The zero-order valence-corrected chi connectivity index (χ0v) is 16.3. The minimum atomic E-state index is -0.00291. The largest absolute Gasteiger partial charge is 0.496 e. The molecule has 2 amide bonds. The van der Waals surface area contributed by atoms with Gasteiger partial charge in [0.05, 0.1) is 12.7 Å². The maximum absolute atomic E-state index is 13.3. The van der Waals surface area contributed by atoms with Gasteiger partial charge in [-0.15, -0.1) is 0 Å². The third-order valence-electron chi connectivity index (χ3n) is 5.90. The summed E-state index contributed by atoms with van der Waals surface area (Å²) in [6, 6.07) is 9.20. The van der Waals surface area contributed by atoms with Crippen LogP contribution in [0, 0.1) is 12.8 Å². The molecule has 3 fully saturated rings. The molecule has 1 aromatic carbocycles. The van der Waals surface area contributed by atoms with Gasteiger partial charge in [0.15, 0.2) is 0 Å². The molecule has 6 heteroatoms. The molecule has 4 heterocycles. The summed E-state index contributed by atoms with van der Waals surface area (Å²) in [5.41, 5.74) is 2.14. The number of ether oxygens (including phenoxy) is 1. The van der Waals surface area contributed by atoms with Gasteiger partial charge in [-0.05, 0) is 49.9 Å². The highest BCUT2D eigenvalue weighted by molar-refractivity contribution is 5.97. The van der Waals surface area contributed by atoms with Crippen molar-refractivity contribution >= 4 is 11.8 Å². The van der Waals surface area contributed by atoms with Crippen LogP contribution in [0.5, 0.6) is 5.75 Å². The molecule has 146 valence electrons. The number of nitrogens with zero attached hydrogens (tertiary/aromatic N) is 3. The van der Waals surface area contributed by atoms with Crippen LogP contribution in [0.25, 0.3) is 0 Å². The Morgan fingerprint density at radius 1 is 1.07 bits per heavy atom. The van der Waals surface area contributed by atoms with Crippen molar-refractivity contribution in [1.29, 1.82) is 0 Å². The molecule has 3 aliphatic heterocycles. The SMILES string of the molecule is COc1cccc(C(=O)N2C[C@H]3CC[C@@H]2CN(C(=O)c2cccnc2)C3)c1C. The Morgan fingerprint density at radius 3 is 2.68 bits per heavy atom. The monoisotopic (exact) mass is 379 g/mol. The molecule has 5 rings (SSSR count). The third-order valence-corrected chi connectivity index (χ3v) is 5.90. The molecule has 0 N–H and O–H groups in total. The number of aromatic nitrogens is 1. The predicted molar refractivity (Wildman–Crippen MR) is 105 cm³/mol. The lowest BCUT2D eigenvalue weighted by Gasteiger charge is -2.36. The highest BCUT2D eigenvalue weighted by Gasteiger charge is 2.39. The summed E-state index contributed by atoms with van der Waals surface area (Å²) in [6.45, 7) is 3.86. The number of rotatable bonds is 3. The van der Waals surface area contributed by atoms with Crippen LogP contribution in [0.15, 0.2) is 42.7 Å². The fourth-order valence-electron chi connectivity index (χ4n) is 4.39. The molecule has 28 heavy (non-hydrogen) atoms. The van der Waals surface area contributed by atoms with E-state index in [0.29, 0.717) is 36.7 Å². The molecule has 0 aliphatic carbocycles. The zero-order valence-electron chi connectivity index (χ0n) is 16.3. The van der Waals surface area contributed by atoms with E-state index in [2.05, 4.69) is 4.98 Å². The van der Waals surface area contributed by atoms with Gasteiger partial charge in [0.25, 0.3) is 11.8 Å². The number of pyridine rings is 1. The molecule has 0 unspecified atom stereocenters. The predicted octanol–water partition coefficient (Wildman–Crippen LogP) is 2.78. The standard InChI is InChI=1S/C22H25N3O3/c1-15-19(6-3-7-20(15)28-2)22(27)25-13-16-8-9-18(25)14-24(12-16)21(26)17-5-4-10-23-11-17/h3-7,10-11,16,18H,8-9,12-14H2,1-2H3/t16-,18+/m0/s1. The van der Waals surface area contributed by atoms with Crippen LogP contribution in [0.4, 0.5) is 0 Å². The number of carbonyl (C=O) groups is 2. The Labute approximate surface area is 165 Å². The first-order valence-corrected chi connectivity index (χ1v) is 9.72. The molecule has 3 saturated heterocycles.